The minimum absolute atomic E-state index is 0.274. The average Bonchev–Trinajstić information content (AvgIpc) is 2.75. The zero-order valence-corrected chi connectivity index (χ0v) is 10.1. The zero-order valence-electron chi connectivity index (χ0n) is 8.50. The van der Waals surface area contributed by atoms with Crippen LogP contribution in [0.2, 0.25) is 5.15 Å². The van der Waals surface area contributed by atoms with E-state index in [-0.39, 0.29) is 5.15 Å². The lowest BCUT2D eigenvalue weighted by Crippen LogP contribution is -1.85. The van der Waals surface area contributed by atoms with Gasteiger partial charge in [-0.15, -0.1) is 4.37 Å². The van der Waals surface area contributed by atoms with Gasteiger partial charge in [0.15, 0.2) is 0 Å². The summed E-state index contributed by atoms with van der Waals surface area (Å²) in [6.07, 6.45) is 1.74. The first-order valence-corrected chi connectivity index (χ1v) is 5.94. The van der Waals surface area contributed by atoms with Crippen LogP contribution in [0.15, 0.2) is 36.5 Å². The fourth-order valence-electron chi connectivity index (χ4n) is 1.45. The van der Waals surface area contributed by atoms with Crippen LogP contribution in [-0.4, -0.2) is 13.7 Å². The summed E-state index contributed by atoms with van der Waals surface area (Å²) in [5, 5.41) is 1.33. The fraction of sp³-hybridized carbons (Fsp3) is 0. The molecule has 0 aliphatic heterocycles. The second kappa shape index (κ2) is 4.27. The minimum atomic E-state index is 0.274. The number of ether oxygens (including phenoxy) is 1. The van der Waals surface area contributed by atoms with Gasteiger partial charge < -0.3 is 4.74 Å². The average molecular weight is 264 g/mol. The largest absolute Gasteiger partial charge is 0.436 e. The monoisotopic (exact) mass is 263 g/mol. The highest BCUT2D eigenvalue weighted by Gasteiger charge is 2.08. The molecule has 0 amide bonds. The van der Waals surface area contributed by atoms with Gasteiger partial charge in [0.1, 0.15) is 5.75 Å². The number of hydrogen-bond donors (Lipinski definition) is 0. The molecular weight excluding hydrogens is 258 g/mol. The first kappa shape index (κ1) is 10.4. The predicted molar refractivity (Wildman–Crippen MR) is 66.7 cm³/mol. The van der Waals surface area contributed by atoms with E-state index in [1.54, 1.807) is 6.20 Å². The van der Waals surface area contributed by atoms with Crippen molar-refractivity contribution < 1.29 is 4.74 Å². The number of pyridine rings is 1. The maximum absolute atomic E-state index is 5.80. The molecule has 0 N–H and O–H groups in total. The van der Waals surface area contributed by atoms with Crippen molar-refractivity contribution >= 4 is 34.2 Å². The van der Waals surface area contributed by atoms with Gasteiger partial charge >= 0.3 is 0 Å². The van der Waals surface area contributed by atoms with Gasteiger partial charge in [0, 0.05) is 17.6 Å². The van der Waals surface area contributed by atoms with Crippen LogP contribution in [0.25, 0.3) is 10.9 Å². The maximum atomic E-state index is 5.80. The molecule has 2 heterocycles. The molecule has 6 heteroatoms. The van der Waals surface area contributed by atoms with E-state index in [2.05, 4.69) is 13.7 Å². The fourth-order valence-corrected chi connectivity index (χ4v) is 2.06. The molecule has 0 saturated heterocycles. The summed E-state index contributed by atoms with van der Waals surface area (Å²) < 4.78 is 13.3. The van der Waals surface area contributed by atoms with E-state index >= 15 is 0 Å². The normalized spacial score (nSPS) is 10.6. The van der Waals surface area contributed by atoms with E-state index in [1.165, 1.54) is 0 Å². The van der Waals surface area contributed by atoms with Crippen LogP contribution in [-0.2, 0) is 0 Å². The number of rotatable bonds is 2. The molecule has 0 atom stereocenters. The highest BCUT2D eigenvalue weighted by Crippen LogP contribution is 2.28. The van der Waals surface area contributed by atoms with Crippen LogP contribution in [0, 0.1) is 0 Å². The quantitative estimate of drug-likeness (QED) is 0.710. The SMILES string of the molecule is Clc1nsnc1Oc1ccc2cccnc2c1. The number of aromatic nitrogens is 3. The molecule has 0 unspecified atom stereocenters. The van der Waals surface area contributed by atoms with Gasteiger partial charge in [-0.3, -0.25) is 4.98 Å². The molecule has 0 radical (unpaired) electrons. The van der Waals surface area contributed by atoms with Crippen LogP contribution in [0.3, 0.4) is 0 Å². The van der Waals surface area contributed by atoms with Crippen molar-refractivity contribution in [2.45, 2.75) is 0 Å². The first-order chi connectivity index (χ1) is 8.33. The van der Waals surface area contributed by atoms with Crippen molar-refractivity contribution in [2.24, 2.45) is 0 Å². The molecule has 3 rings (SSSR count). The molecule has 2 aromatic heterocycles. The summed E-state index contributed by atoms with van der Waals surface area (Å²) in [4.78, 5) is 4.25. The van der Waals surface area contributed by atoms with Crippen molar-refractivity contribution in [3.63, 3.8) is 0 Å². The Hall–Kier alpha value is -1.72. The van der Waals surface area contributed by atoms with Gasteiger partial charge in [0.2, 0.25) is 5.15 Å². The molecule has 84 valence electrons. The Balaban J connectivity index is 1.99. The molecule has 0 aliphatic carbocycles. The Labute approximate surface area is 106 Å². The second-order valence-electron chi connectivity index (χ2n) is 3.32. The van der Waals surface area contributed by atoms with Gasteiger partial charge in [-0.1, -0.05) is 17.7 Å². The number of hydrogen-bond acceptors (Lipinski definition) is 5. The van der Waals surface area contributed by atoms with Crippen LogP contribution in [0.5, 0.6) is 11.6 Å². The summed E-state index contributed by atoms with van der Waals surface area (Å²) in [6, 6.07) is 9.50. The van der Waals surface area contributed by atoms with Crippen molar-refractivity contribution in [3.8, 4) is 11.6 Å². The summed E-state index contributed by atoms with van der Waals surface area (Å²) in [6.45, 7) is 0. The first-order valence-electron chi connectivity index (χ1n) is 4.83. The van der Waals surface area contributed by atoms with E-state index < -0.39 is 0 Å². The topological polar surface area (TPSA) is 47.9 Å². The lowest BCUT2D eigenvalue weighted by Gasteiger charge is -2.03. The Morgan fingerprint density at radius 2 is 2.12 bits per heavy atom. The van der Waals surface area contributed by atoms with Crippen molar-refractivity contribution in [1.29, 1.82) is 0 Å². The molecule has 0 spiro atoms. The van der Waals surface area contributed by atoms with Crippen molar-refractivity contribution in [1.82, 2.24) is 13.7 Å². The third-order valence-corrected chi connectivity index (χ3v) is 3.07. The Morgan fingerprint density at radius 3 is 2.94 bits per heavy atom. The van der Waals surface area contributed by atoms with E-state index in [1.807, 2.05) is 30.3 Å². The van der Waals surface area contributed by atoms with Crippen LogP contribution >= 0.6 is 23.3 Å². The summed E-state index contributed by atoms with van der Waals surface area (Å²) >= 11 is 6.82. The molecule has 4 nitrogen and oxygen atoms in total. The zero-order chi connectivity index (χ0) is 11.7. The highest BCUT2D eigenvalue weighted by molar-refractivity contribution is 6.99. The molecule has 0 saturated carbocycles. The van der Waals surface area contributed by atoms with Gasteiger partial charge in [-0.05, 0) is 18.2 Å². The van der Waals surface area contributed by atoms with E-state index in [4.69, 9.17) is 16.3 Å². The molecule has 0 aliphatic rings. The number of fused-ring (bicyclic) bond motifs is 1. The lowest BCUT2D eigenvalue weighted by atomic mass is 10.2. The second-order valence-corrected chi connectivity index (χ2v) is 4.21. The van der Waals surface area contributed by atoms with Crippen LogP contribution in [0.1, 0.15) is 0 Å². The van der Waals surface area contributed by atoms with Gasteiger partial charge in [-0.25, -0.2) is 0 Å². The Kier molecular flexibility index (Phi) is 2.62. The Morgan fingerprint density at radius 1 is 1.18 bits per heavy atom. The van der Waals surface area contributed by atoms with Gasteiger partial charge in [0.25, 0.3) is 5.88 Å². The maximum Gasteiger partial charge on any atom is 0.270 e. The minimum Gasteiger partial charge on any atom is -0.436 e. The highest BCUT2D eigenvalue weighted by atomic mass is 35.5. The lowest BCUT2D eigenvalue weighted by molar-refractivity contribution is 0.468. The standard InChI is InChI=1S/C11H6ClN3OS/c12-10-11(15-17-14-10)16-8-4-3-7-2-1-5-13-9(7)6-8/h1-6H. The summed E-state index contributed by atoms with van der Waals surface area (Å²) in [5.41, 5.74) is 0.865. The molecule has 17 heavy (non-hydrogen) atoms. The third-order valence-electron chi connectivity index (χ3n) is 2.21. The third kappa shape index (κ3) is 2.07. The summed E-state index contributed by atoms with van der Waals surface area (Å²) in [7, 11) is 0. The van der Waals surface area contributed by atoms with E-state index in [0.717, 1.165) is 22.6 Å². The van der Waals surface area contributed by atoms with Crippen molar-refractivity contribution in [2.75, 3.05) is 0 Å². The van der Waals surface area contributed by atoms with Crippen LogP contribution < -0.4 is 4.74 Å². The molecule has 0 fully saturated rings. The summed E-state index contributed by atoms with van der Waals surface area (Å²) in [5.74, 6) is 0.970. The van der Waals surface area contributed by atoms with E-state index in [9.17, 15) is 0 Å². The number of nitrogens with zero attached hydrogens (tertiary/aromatic N) is 3. The van der Waals surface area contributed by atoms with Gasteiger partial charge in [-0.2, -0.15) is 4.37 Å². The molecule has 1 aromatic carbocycles. The molecule has 3 aromatic rings. The number of halogens is 1. The smallest absolute Gasteiger partial charge is 0.270 e. The molecular formula is C11H6ClN3OS. The van der Waals surface area contributed by atoms with Crippen LogP contribution in [0.4, 0.5) is 0 Å². The Bertz CT molecular complexity index is 670. The van der Waals surface area contributed by atoms with E-state index in [0.29, 0.717) is 11.6 Å². The van der Waals surface area contributed by atoms with Crippen molar-refractivity contribution in [3.05, 3.63) is 41.7 Å². The molecule has 0 bridgehead atoms. The van der Waals surface area contributed by atoms with Gasteiger partial charge in [0.05, 0.1) is 17.2 Å². The number of benzene rings is 1. The predicted octanol–water partition coefficient (Wildman–Crippen LogP) is 3.53.